The van der Waals surface area contributed by atoms with Gasteiger partial charge in [-0.3, -0.25) is 4.98 Å². The fraction of sp³-hybridized carbons (Fsp3) is 0.438. The molecule has 2 aromatic rings. The molecule has 19 heavy (non-hydrogen) atoms. The second-order valence-electron chi connectivity index (χ2n) is 5.21. The van der Waals surface area contributed by atoms with Gasteiger partial charge in [-0.1, -0.05) is 31.4 Å². The van der Waals surface area contributed by atoms with Gasteiger partial charge in [0.25, 0.3) is 0 Å². The van der Waals surface area contributed by atoms with Crippen LogP contribution in [0, 0.1) is 0 Å². The van der Waals surface area contributed by atoms with E-state index in [9.17, 15) is 5.11 Å². The summed E-state index contributed by atoms with van der Waals surface area (Å²) >= 11 is 2.06. The van der Waals surface area contributed by atoms with Crippen molar-refractivity contribution in [2.24, 2.45) is 0 Å². The molecule has 0 amide bonds. The molecule has 2 nitrogen and oxygen atoms in total. The van der Waals surface area contributed by atoms with Crippen LogP contribution in [-0.2, 0) is 5.75 Å². The van der Waals surface area contributed by atoms with E-state index in [-0.39, 0.29) is 5.75 Å². The molecular weight excluding hydrogens is 254 g/mol. The molecule has 0 unspecified atom stereocenters. The standard InChI is InChI=1S/C16H19NOS/c18-15-9-8-12(14-7-4-10-17-16(14)15)11-19-13-5-2-1-3-6-13/h4,7-10,13,18H,1-3,5-6,11H2. The van der Waals surface area contributed by atoms with Crippen molar-refractivity contribution in [1.29, 1.82) is 0 Å². The molecule has 0 spiro atoms. The Morgan fingerprint density at radius 3 is 2.84 bits per heavy atom. The van der Waals surface area contributed by atoms with Crippen LogP contribution in [0.2, 0.25) is 0 Å². The lowest BCUT2D eigenvalue weighted by atomic mass is 10.0. The number of thioether (sulfide) groups is 1. The van der Waals surface area contributed by atoms with Crippen molar-refractivity contribution >= 4 is 22.7 Å². The second-order valence-corrected chi connectivity index (χ2v) is 6.50. The van der Waals surface area contributed by atoms with Gasteiger partial charge in [0, 0.05) is 22.6 Å². The number of rotatable bonds is 3. The Morgan fingerprint density at radius 1 is 1.16 bits per heavy atom. The average molecular weight is 273 g/mol. The molecule has 1 saturated carbocycles. The monoisotopic (exact) mass is 273 g/mol. The molecule has 1 aromatic heterocycles. The normalized spacial score (nSPS) is 16.8. The minimum atomic E-state index is 0.280. The van der Waals surface area contributed by atoms with E-state index in [0.717, 1.165) is 21.9 Å². The fourth-order valence-electron chi connectivity index (χ4n) is 2.78. The topological polar surface area (TPSA) is 33.1 Å². The van der Waals surface area contributed by atoms with E-state index in [1.807, 2.05) is 12.1 Å². The number of hydrogen-bond donors (Lipinski definition) is 1. The number of benzene rings is 1. The molecule has 1 fully saturated rings. The number of hydrogen-bond acceptors (Lipinski definition) is 3. The van der Waals surface area contributed by atoms with Gasteiger partial charge < -0.3 is 5.11 Å². The van der Waals surface area contributed by atoms with E-state index in [1.54, 1.807) is 12.3 Å². The zero-order chi connectivity index (χ0) is 13.1. The Morgan fingerprint density at radius 2 is 2.00 bits per heavy atom. The number of aromatic hydroxyl groups is 1. The first-order valence-corrected chi connectivity index (χ1v) is 8.06. The SMILES string of the molecule is Oc1ccc(CSC2CCCCC2)c2cccnc12. The number of pyridine rings is 1. The molecule has 0 radical (unpaired) electrons. The third kappa shape index (κ3) is 2.86. The molecule has 1 aromatic carbocycles. The van der Waals surface area contributed by atoms with Crippen molar-refractivity contribution in [3.63, 3.8) is 0 Å². The van der Waals surface area contributed by atoms with E-state index in [0.29, 0.717) is 0 Å². The van der Waals surface area contributed by atoms with Gasteiger partial charge in [0.05, 0.1) is 0 Å². The van der Waals surface area contributed by atoms with Gasteiger partial charge in [0.15, 0.2) is 0 Å². The zero-order valence-electron chi connectivity index (χ0n) is 11.0. The van der Waals surface area contributed by atoms with Crippen LogP contribution in [0.4, 0.5) is 0 Å². The Bertz CT molecular complexity index is 564. The summed E-state index contributed by atoms with van der Waals surface area (Å²) in [5.74, 6) is 1.30. The summed E-state index contributed by atoms with van der Waals surface area (Å²) in [5, 5.41) is 11.7. The van der Waals surface area contributed by atoms with Crippen molar-refractivity contribution in [1.82, 2.24) is 4.98 Å². The molecule has 0 saturated heterocycles. The minimum Gasteiger partial charge on any atom is -0.506 e. The van der Waals surface area contributed by atoms with Crippen molar-refractivity contribution in [2.45, 2.75) is 43.1 Å². The summed E-state index contributed by atoms with van der Waals surface area (Å²) in [6.45, 7) is 0. The van der Waals surface area contributed by atoms with Crippen LogP contribution in [0.5, 0.6) is 5.75 Å². The first-order valence-electron chi connectivity index (χ1n) is 7.02. The van der Waals surface area contributed by atoms with Crippen LogP contribution < -0.4 is 0 Å². The van der Waals surface area contributed by atoms with Gasteiger partial charge in [-0.05, 0) is 30.5 Å². The van der Waals surface area contributed by atoms with Gasteiger partial charge in [0.2, 0.25) is 0 Å². The minimum absolute atomic E-state index is 0.280. The van der Waals surface area contributed by atoms with Crippen molar-refractivity contribution < 1.29 is 5.11 Å². The molecule has 0 bridgehead atoms. The van der Waals surface area contributed by atoms with Gasteiger partial charge in [-0.25, -0.2) is 0 Å². The molecule has 100 valence electrons. The van der Waals surface area contributed by atoms with Crippen LogP contribution >= 0.6 is 11.8 Å². The van der Waals surface area contributed by atoms with Crippen molar-refractivity contribution in [2.75, 3.05) is 0 Å². The molecule has 1 aliphatic carbocycles. The summed E-state index contributed by atoms with van der Waals surface area (Å²) in [7, 11) is 0. The van der Waals surface area contributed by atoms with Crippen LogP contribution in [0.15, 0.2) is 30.5 Å². The lowest BCUT2D eigenvalue weighted by molar-refractivity contribution is 0.480. The second kappa shape index (κ2) is 5.83. The Balaban J connectivity index is 1.79. The third-order valence-corrected chi connectivity index (χ3v) is 5.29. The molecule has 3 rings (SSSR count). The highest BCUT2D eigenvalue weighted by molar-refractivity contribution is 7.99. The summed E-state index contributed by atoms with van der Waals surface area (Å²) in [6, 6.07) is 7.80. The Kier molecular flexibility index (Phi) is 3.92. The molecule has 1 aliphatic rings. The Hall–Kier alpha value is -1.22. The maximum atomic E-state index is 9.84. The number of nitrogens with zero attached hydrogens (tertiary/aromatic N) is 1. The third-order valence-electron chi connectivity index (χ3n) is 3.87. The van der Waals surface area contributed by atoms with Crippen LogP contribution in [0.1, 0.15) is 37.7 Å². The van der Waals surface area contributed by atoms with Crippen LogP contribution in [0.3, 0.4) is 0 Å². The van der Waals surface area contributed by atoms with E-state index < -0.39 is 0 Å². The van der Waals surface area contributed by atoms with Crippen molar-refractivity contribution in [3.8, 4) is 5.75 Å². The molecule has 1 N–H and O–H groups in total. The maximum Gasteiger partial charge on any atom is 0.141 e. The first kappa shape index (κ1) is 12.8. The molecule has 0 atom stereocenters. The van der Waals surface area contributed by atoms with E-state index in [2.05, 4.69) is 22.8 Å². The highest BCUT2D eigenvalue weighted by Crippen LogP contribution is 2.33. The highest BCUT2D eigenvalue weighted by Gasteiger charge is 2.14. The summed E-state index contributed by atoms with van der Waals surface area (Å²) < 4.78 is 0. The van der Waals surface area contributed by atoms with E-state index >= 15 is 0 Å². The smallest absolute Gasteiger partial charge is 0.141 e. The number of phenols is 1. The maximum absolute atomic E-state index is 9.84. The largest absolute Gasteiger partial charge is 0.506 e. The summed E-state index contributed by atoms with van der Waals surface area (Å²) in [5.41, 5.74) is 2.01. The Labute approximate surface area is 118 Å². The van der Waals surface area contributed by atoms with Gasteiger partial charge >= 0.3 is 0 Å². The molecule has 3 heteroatoms. The van der Waals surface area contributed by atoms with Gasteiger partial charge in [-0.15, -0.1) is 0 Å². The van der Waals surface area contributed by atoms with E-state index in [4.69, 9.17) is 0 Å². The summed E-state index contributed by atoms with van der Waals surface area (Å²) in [6.07, 6.45) is 8.63. The van der Waals surface area contributed by atoms with Crippen LogP contribution in [-0.4, -0.2) is 15.3 Å². The lowest BCUT2D eigenvalue weighted by Crippen LogP contribution is -2.08. The van der Waals surface area contributed by atoms with E-state index in [1.165, 1.54) is 37.7 Å². The zero-order valence-corrected chi connectivity index (χ0v) is 11.8. The molecular formula is C16H19NOS. The van der Waals surface area contributed by atoms with Gasteiger partial charge in [0.1, 0.15) is 11.3 Å². The number of fused-ring (bicyclic) bond motifs is 1. The molecule has 0 aliphatic heterocycles. The first-order chi connectivity index (χ1) is 9.34. The van der Waals surface area contributed by atoms with Crippen molar-refractivity contribution in [3.05, 3.63) is 36.0 Å². The predicted octanol–water partition coefficient (Wildman–Crippen LogP) is 4.51. The lowest BCUT2D eigenvalue weighted by Gasteiger charge is -2.21. The number of phenolic OH excluding ortho intramolecular Hbond substituents is 1. The quantitative estimate of drug-likeness (QED) is 0.893. The predicted molar refractivity (Wildman–Crippen MR) is 81.6 cm³/mol. The summed E-state index contributed by atoms with van der Waals surface area (Å²) in [4.78, 5) is 4.28. The highest BCUT2D eigenvalue weighted by atomic mass is 32.2. The fourth-order valence-corrected chi connectivity index (χ4v) is 4.12. The van der Waals surface area contributed by atoms with Gasteiger partial charge in [-0.2, -0.15) is 11.8 Å². The molecule has 1 heterocycles. The van der Waals surface area contributed by atoms with Crippen LogP contribution in [0.25, 0.3) is 10.9 Å². The average Bonchev–Trinajstić information content (AvgIpc) is 2.48. The number of aromatic nitrogens is 1.